The average molecular weight is 315 g/mol. The highest BCUT2D eigenvalue weighted by Gasteiger charge is 2.40. The van der Waals surface area contributed by atoms with Gasteiger partial charge < -0.3 is 5.32 Å². The van der Waals surface area contributed by atoms with Gasteiger partial charge in [0.1, 0.15) is 0 Å². The molecule has 1 spiro atoms. The van der Waals surface area contributed by atoms with Crippen molar-refractivity contribution in [1.82, 2.24) is 5.32 Å². The number of thioether (sulfide) groups is 2. The molecule has 2 unspecified atom stereocenters. The highest BCUT2D eigenvalue weighted by Crippen LogP contribution is 2.39. The number of nitrogens with zero attached hydrogens (tertiary/aromatic N) is 1. The third-order valence-electron chi connectivity index (χ3n) is 5.18. The molecule has 1 saturated heterocycles. The van der Waals surface area contributed by atoms with Gasteiger partial charge >= 0.3 is 0 Å². The molecule has 2 nitrogen and oxygen atoms in total. The Balaban J connectivity index is 1.96. The molecule has 0 aromatic carbocycles. The second kappa shape index (κ2) is 6.95. The summed E-state index contributed by atoms with van der Waals surface area (Å²) in [4.78, 5) is 4.93. The first-order chi connectivity index (χ1) is 9.57. The second-order valence-corrected chi connectivity index (χ2v) is 8.85. The van der Waals surface area contributed by atoms with E-state index in [0.29, 0.717) is 10.3 Å². The van der Waals surface area contributed by atoms with Crippen molar-refractivity contribution in [2.45, 2.75) is 69.6 Å². The molecule has 0 aromatic rings. The molecule has 0 amide bonds. The third-order valence-corrected chi connectivity index (χ3v) is 7.96. The van der Waals surface area contributed by atoms with Crippen LogP contribution in [0.4, 0.5) is 0 Å². The number of hydrogen-bond donors (Lipinski definition) is 1. The fourth-order valence-corrected chi connectivity index (χ4v) is 5.50. The largest absolute Gasteiger partial charge is 0.359 e. The second-order valence-electron chi connectivity index (χ2n) is 6.61. The lowest BCUT2D eigenvalue weighted by Gasteiger charge is -2.36. The highest BCUT2D eigenvalue weighted by atomic mass is 32.2. The maximum absolute atomic E-state index is 4.93. The molecule has 1 saturated carbocycles. The van der Waals surface area contributed by atoms with Gasteiger partial charge in [0.05, 0.1) is 6.54 Å². The van der Waals surface area contributed by atoms with Gasteiger partial charge in [-0.3, -0.25) is 4.99 Å². The maximum Gasteiger partial charge on any atom is 0.157 e. The topological polar surface area (TPSA) is 24.4 Å². The van der Waals surface area contributed by atoms with E-state index in [1.54, 1.807) is 0 Å². The minimum Gasteiger partial charge on any atom is -0.359 e. The summed E-state index contributed by atoms with van der Waals surface area (Å²) in [6.45, 7) is 7.94. The van der Waals surface area contributed by atoms with Gasteiger partial charge in [0.15, 0.2) is 5.17 Å². The van der Waals surface area contributed by atoms with Crippen LogP contribution in [0.3, 0.4) is 0 Å². The molecule has 2 fully saturated rings. The molecule has 2 aliphatic rings. The van der Waals surface area contributed by atoms with Crippen LogP contribution in [0.5, 0.6) is 0 Å². The first-order valence-electron chi connectivity index (χ1n) is 8.07. The van der Waals surface area contributed by atoms with Crippen molar-refractivity contribution in [3.8, 4) is 0 Å². The number of rotatable bonds is 5. The summed E-state index contributed by atoms with van der Waals surface area (Å²) < 4.78 is 0.338. The Kier molecular flexibility index (Phi) is 5.75. The van der Waals surface area contributed by atoms with Crippen LogP contribution in [0.1, 0.15) is 59.3 Å². The van der Waals surface area contributed by atoms with Crippen LogP contribution in [0.25, 0.3) is 0 Å². The highest BCUT2D eigenvalue weighted by molar-refractivity contribution is 8.14. The van der Waals surface area contributed by atoms with Crippen molar-refractivity contribution in [1.29, 1.82) is 0 Å². The molecule has 1 N–H and O–H groups in total. The predicted molar refractivity (Wildman–Crippen MR) is 95.1 cm³/mol. The van der Waals surface area contributed by atoms with Gasteiger partial charge in [-0.25, -0.2) is 0 Å². The zero-order valence-corrected chi connectivity index (χ0v) is 15.1. The lowest BCUT2D eigenvalue weighted by atomic mass is 9.78. The van der Waals surface area contributed by atoms with Crippen molar-refractivity contribution in [3.63, 3.8) is 0 Å². The summed E-state index contributed by atoms with van der Waals surface area (Å²) >= 11 is 3.94. The lowest BCUT2D eigenvalue weighted by Crippen LogP contribution is -2.47. The van der Waals surface area contributed by atoms with Crippen molar-refractivity contribution < 1.29 is 0 Å². The number of hydrogen-bond acceptors (Lipinski definition) is 3. The molecule has 1 heterocycles. The Hall–Kier alpha value is 0.170. The van der Waals surface area contributed by atoms with Gasteiger partial charge in [0.2, 0.25) is 0 Å². The molecule has 2 atom stereocenters. The molecule has 116 valence electrons. The Morgan fingerprint density at radius 3 is 2.80 bits per heavy atom. The minimum atomic E-state index is 0.338. The summed E-state index contributed by atoms with van der Waals surface area (Å²) in [5.41, 5.74) is 0.363. The van der Waals surface area contributed by atoms with E-state index in [9.17, 15) is 0 Å². The van der Waals surface area contributed by atoms with E-state index in [1.165, 1.54) is 49.4 Å². The van der Waals surface area contributed by atoms with E-state index in [0.717, 1.165) is 12.5 Å². The molecule has 0 radical (unpaired) electrons. The van der Waals surface area contributed by atoms with Gasteiger partial charge in [-0.05, 0) is 37.9 Å². The van der Waals surface area contributed by atoms with Gasteiger partial charge in [0.25, 0.3) is 0 Å². The molecule has 1 aliphatic carbocycles. The Labute approximate surface area is 133 Å². The maximum atomic E-state index is 4.93. The van der Waals surface area contributed by atoms with E-state index in [1.807, 2.05) is 23.5 Å². The summed E-state index contributed by atoms with van der Waals surface area (Å²) in [7, 11) is 0. The zero-order valence-electron chi connectivity index (χ0n) is 13.5. The number of nitrogens with one attached hydrogen (secondary N) is 1. The summed E-state index contributed by atoms with van der Waals surface area (Å²) in [6, 6.07) is 0. The standard InChI is InChI=1S/C16H30N2S2/c1-5-16(6-2,19-4)11-17-14-18-15(12-20-14)9-7-8-13(3)10-15/h13H,5-12H2,1-4H3,(H,17,18). The molecule has 4 heteroatoms. The first-order valence-corrected chi connectivity index (χ1v) is 10.3. The number of aliphatic imine (C=N–C) groups is 1. The normalized spacial score (nSPS) is 32.8. The lowest BCUT2D eigenvalue weighted by molar-refractivity contribution is 0.242. The van der Waals surface area contributed by atoms with Crippen LogP contribution in [0.2, 0.25) is 0 Å². The van der Waals surface area contributed by atoms with Crippen molar-refractivity contribution in [2.24, 2.45) is 10.9 Å². The van der Waals surface area contributed by atoms with E-state index in [2.05, 4.69) is 32.3 Å². The SMILES string of the molecule is CCC(CC)(CN=C1NC2(CCCC(C)C2)CS1)SC. The van der Waals surface area contributed by atoms with Gasteiger partial charge in [0, 0.05) is 16.0 Å². The average Bonchev–Trinajstić information content (AvgIpc) is 2.83. The third kappa shape index (κ3) is 3.68. The van der Waals surface area contributed by atoms with Gasteiger partial charge in [-0.1, -0.05) is 45.4 Å². The van der Waals surface area contributed by atoms with E-state index >= 15 is 0 Å². The first kappa shape index (κ1) is 16.5. The zero-order chi connectivity index (χ0) is 14.6. The van der Waals surface area contributed by atoms with Crippen LogP contribution in [-0.4, -0.2) is 34.0 Å². The Morgan fingerprint density at radius 1 is 1.45 bits per heavy atom. The van der Waals surface area contributed by atoms with E-state index in [-0.39, 0.29) is 0 Å². The van der Waals surface area contributed by atoms with Crippen molar-refractivity contribution in [3.05, 3.63) is 0 Å². The quantitative estimate of drug-likeness (QED) is 0.805. The van der Waals surface area contributed by atoms with Crippen molar-refractivity contribution in [2.75, 3.05) is 18.6 Å². The fourth-order valence-electron chi connectivity index (χ4n) is 3.54. The molecule has 1 aliphatic heterocycles. The molecule has 2 rings (SSSR count). The summed E-state index contributed by atoms with van der Waals surface area (Å²) in [5.74, 6) is 2.09. The van der Waals surface area contributed by atoms with E-state index < -0.39 is 0 Å². The Morgan fingerprint density at radius 2 is 2.20 bits per heavy atom. The summed E-state index contributed by atoms with van der Waals surface area (Å²) in [5, 5.41) is 4.99. The molecule has 0 bridgehead atoms. The van der Waals surface area contributed by atoms with E-state index in [4.69, 9.17) is 4.99 Å². The van der Waals surface area contributed by atoms with Gasteiger partial charge in [-0.2, -0.15) is 11.8 Å². The van der Waals surface area contributed by atoms with Crippen LogP contribution >= 0.6 is 23.5 Å². The fraction of sp³-hybridized carbons (Fsp3) is 0.938. The minimum absolute atomic E-state index is 0.338. The monoisotopic (exact) mass is 314 g/mol. The van der Waals surface area contributed by atoms with Crippen LogP contribution in [0.15, 0.2) is 4.99 Å². The molecule has 0 aromatic heterocycles. The van der Waals surface area contributed by atoms with Gasteiger partial charge in [-0.15, -0.1) is 0 Å². The molecular formula is C16H30N2S2. The molecule has 20 heavy (non-hydrogen) atoms. The predicted octanol–water partition coefficient (Wildman–Crippen LogP) is 4.55. The van der Waals surface area contributed by atoms with Crippen LogP contribution in [0, 0.1) is 5.92 Å². The Bertz CT molecular complexity index is 344. The smallest absolute Gasteiger partial charge is 0.157 e. The van der Waals surface area contributed by atoms with Crippen LogP contribution in [-0.2, 0) is 0 Å². The van der Waals surface area contributed by atoms with Crippen LogP contribution < -0.4 is 5.32 Å². The van der Waals surface area contributed by atoms with Crippen molar-refractivity contribution >= 4 is 28.7 Å². The summed E-state index contributed by atoms with van der Waals surface area (Å²) in [6.07, 6.45) is 10.1. The number of amidine groups is 1. The molecular weight excluding hydrogens is 284 g/mol.